The first kappa shape index (κ1) is 14.0. The van der Waals surface area contributed by atoms with Crippen LogP contribution in [0.3, 0.4) is 0 Å². The van der Waals surface area contributed by atoms with Crippen molar-refractivity contribution in [2.45, 2.75) is 20.3 Å². The van der Waals surface area contributed by atoms with Gasteiger partial charge in [-0.15, -0.1) is 0 Å². The van der Waals surface area contributed by atoms with Crippen molar-refractivity contribution in [2.24, 2.45) is 0 Å². The van der Waals surface area contributed by atoms with Gasteiger partial charge < -0.3 is 16.4 Å². The largest absolute Gasteiger partial charge is 0.399 e. The topological polar surface area (TPSA) is 84.2 Å². The third kappa shape index (κ3) is 4.45. The summed E-state index contributed by atoms with van der Waals surface area (Å²) in [6.45, 7) is 4.65. The van der Waals surface area contributed by atoms with Crippen LogP contribution in [0.2, 0.25) is 0 Å². The summed E-state index contributed by atoms with van der Waals surface area (Å²) in [6.07, 6.45) is 0.279. The molecular weight excluding hydrogens is 230 g/mol. The van der Waals surface area contributed by atoms with Crippen LogP contribution in [-0.4, -0.2) is 24.9 Å². The van der Waals surface area contributed by atoms with Crippen LogP contribution in [0, 0.1) is 6.92 Å². The molecule has 0 saturated carbocycles. The summed E-state index contributed by atoms with van der Waals surface area (Å²) in [5.41, 5.74) is 7.68. The van der Waals surface area contributed by atoms with E-state index in [0.717, 1.165) is 5.56 Å². The summed E-state index contributed by atoms with van der Waals surface area (Å²) in [6, 6.07) is 5.18. The van der Waals surface area contributed by atoms with E-state index in [2.05, 4.69) is 10.6 Å². The zero-order valence-corrected chi connectivity index (χ0v) is 10.7. The number of hydrogen-bond acceptors (Lipinski definition) is 3. The SMILES string of the molecule is CCNC(=O)CCNC(=O)c1cc(C)cc(N)c1. The predicted octanol–water partition coefficient (Wildman–Crippen LogP) is 0.833. The normalized spacial score (nSPS) is 9.89. The molecule has 98 valence electrons. The number of hydrogen-bond donors (Lipinski definition) is 3. The summed E-state index contributed by atoms with van der Waals surface area (Å²) in [5, 5.41) is 5.35. The molecule has 0 aliphatic heterocycles. The number of carbonyl (C=O) groups is 2. The van der Waals surface area contributed by atoms with E-state index in [1.165, 1.54) is 0 Å². The summed E-state index contributed by atoms with van der Waals surface area (Å²) < 4.78 is 0. The van der Waals surface area contributed by atoms with Crippen LogP contribution in [-0.2, 0) is 4.79 Å². The third-order valence-corrected chi connectivity index (χ3v) is 2.37. The molecule has 0 aliphatic rings. The van der Waals surface area contributed by atoms with Gasteiger partial charge in [-0.3, -0.25) is 9.59 Å². The molecule has 18 heavy (non-hydrogen) atoms. The van der Waals surface area contributed by atoms with Gasteiger partial charge in [-0.25, -0.2) is 0 Å². The van der Waals surface area contributed by atoms with Crippen molar-refractivity contribution < 1.29 is 9.59 Å². The highest BCUT2D eigenvalue weighted by Crippen LogP contribution is 2.10. The molecular formula is C13H19N3O2. The highest BCUT2D eigenvalue weighted by atomic mass is 16.2. The van der Waals surface area contributed by atoms with Crippen LogP contribution in [0.5, 0.6) is 0 Å². The Morgan fingerprint density at radius 3 is 2.56 bits per heavy atom. The van der Waals surface area contributed by atoms with E-state index >= 15 is 0 Å². The van der Waals surface area contributed by atoms with Crippen LogP contribution in [0.25, 0.3) is 0 Å². The fourth-order valence-corrected chi connectivity index (χ4v) is 1.62. The lowest BCUT2D eigenvalue weighted by Gasteiger charge is -2.07. The summed E-state index contributed by atoms with van der Waals surface area (Å²) in [4.78, 5) is 23.0. The molecule has 5 heteroatoms. The van der Waals surface area contributed by atoms with E-state index in [1.54, 1.807) is 18.2 Å². The molecule has 0 unspecified atom stereocenters. The zero-order chi connectivity index (χ0) is 13.5. The molecule has 1 aromatic carbocycles. The zero-order valence-electron chi connectivity index (χ0n) is 10.7. The standard InChI is InChI=1S/C13H19N3O2/c1-3-15-12(17)4-5-16-13(18)10-6-9(2)7-11(14)8-10/h6-8H,3-5,14H2,1-2H3,(H,15,17)(H,16,18). The molecule has 1 aromatic rings. The van der Waals surface area contributed by atoms with E-state index < -0.39 is 0 Å². The molecule has 0 aliphatic carbocycles. The second-order valence-electron chi connectivity index (χ2n) is 4.09. The first-order valence-electron chi connectivity index (χ1n) is 5.95. The first-order valence-corrected chi connectivity index (χ1v) is 5.95. The van der Waals surface area contributed by atoms with E-state index in [0.29, 0.717) is 24.3 Å². The Morgan fingerprint density at radius 1 is 1.22 bits per heavy atom. The van der Waals surface area contributed by atoms with Gasteiger partial charge in [-0.05, 0) is 37.6 Å². The van der Waals surface area contributed by atoms with Crippen molar-refractivity contribution in [1.82, 2.24) is 10.6 Å². The molecule has 0 radical (unpaired) electrons. The number of anilines is 1. The van der Waals surface area contributed by atoms with Crippen LogP contribution in [0.15, 0.2) is 18.2 Å². The number of benzene rings is 1. The molecule has 0 atom stereocenters. The average Bonchev–Trinajstić information content (AvgIpc) is 2.27. The smallest absolute Gasteiger partial charge is 0.251 e. The number of amides is 2. The quantitative estimate of drug-likeness (QED) is 0.676. The number of nitrogens with one attached hydrogen (secondary N) is 2. The molecule has 0 heterocycles. The fourth-order valence-electron chi connectivity index (χ4n) is 1.62. The molecule has 2 amide bonds. The minimum atomic E-state index is -0.213. The van der Waals surface area contributed by atoms with Gasteiger partial charge in [-0.1, -0.05) is 0 Å². The number of rotatable bonds is 5. The lowest BCUT2D eigenvalue weighted by Crippen LogP contribution is -2.30. The maximum atomic E-state index is 11.8. The van der Waals surface area contributed by atoms with Gasteiger partial charge in [0.05, 0.1) is 0 Å². The van der Waals surface area contributed by atoms with Crippen LogP contribution < -0.4 is 16.4 Å². The predicted molar refractivity (Wildman–Crippen MR) is 71.2 cm³/mol. The second-order valence-corrected chi connectivity index (χ2v) is 4.09. The number of carbonyl (C=O) groups excluding carboxylic acids is 2. The Balaban J connectivity index is 2.48. The lowest BCUT2D eigenvalue weighted by molar-refractivity contribution is -0.120. The molecule has 1 rings (SSSR count). The molecule has 5 nitrogen and oxygen atoms in total. The van der Waals surface area contributed by atoms with Gasteiger partial charge in [0.1, 0.15) is 0 Å². The van der Waals surface area contributed by atoms with Crippen LogP contribution in [0.4, 0.5) is 5.69 Å². The minimum absolute atomic E-state index is 0.0680. The Bertz CT molecular complexity index is 424. The molecule has 0 bridgehead atoms. The molecule has 0 aromatic heterocycles. The van der Waals surface area contributed by atoms with Crippen molar-refractivity contribution in [1.29, 1.82) is 0 Å². The Kier molecular flexibility index (Phi) is 5.17. The Hall–Kier alpha value is -2.04. The van der Waals surface area contributed by atoms with Gasteiger partial charge in [0.25, 0.3) is 5.91 Å². The van der Waals surface area contributed by atoms with E-state index in [-0.39, 0.29) is 18.2 Å². The summed E-state index contributed by atoms with van der Waals surface area (Å²) in [5.74, 6) is -0.281. The molecule has 4 N–H and O–H groups in total. The maximum absolute atomic E-state index is 11.8. The van der Waals surface area contributed by atoms with Crippen LogP contribution in [0.1, 0.15) is 29.3 Å². The van der Waals surface area contributed by atoms with E-state index in [1.807, 2.05) is 13.8 Å². The van der Waals surface area contributed by atoms with Gasteiger partial charge in [-0.2, -0.15) is 0 Å². The third-order valence-electron chi connectivity index (χ3n) is 2.37. The molecule has 0 saturated heterocycles. The number of aryl methyl sites for hydroxylation is 1. The first-order chi connectivity index (χ1) is 8.52. The highest BCUT2D eigenvalue weighted by molar-refractivity contribution is 5.95. The monoisotopic (exact) mass is 249 g/mol. The lowest BCUT2D eigenvalue weighted by atomic mass is 10.1. The number of nitrogen functional groups attached to an aromatic ring is 1. The van der Waals surface area contributed by atoms with Gasteiger partial charge in [0.15, 0.2) is 0 Å². The van der Waals surface area contributed by atoms with Crippen LogP contribution >= 0.6 is 0 Å². The number of nitrogens with two attached hydrogens (primary N) is 1. The van der Waals surface area contributed by atoms with Crippen molar-refractivity contribution in [3.05, 3.63) is 29.3 Å². The van der Waals surface area contributed by atoms with Gasteiger partial charge in [0, 0.05) is 30.8 Å². The Labute approximate surface area is 107 Å². The van der Waals surface area contributed by atoms with Crippen molar-refractivity contribution in [2.75, 3.05) is 18.8 Å². The van der Waals surface area contributed by atoms with Crippen molar-refractivity contribution in [3.8, 4) is 0 Å². The molecule has 0 spiro atoms. The van der Waals surface area contributed by atoms with Gasteiger partial charge in [0.2, 0.25) is 5.91 Å². The fraction of sp³-hybridized carbons (Fsp3) is 0.385. The van der Waals surface area contributed by atoms with Gasteiger partial charge >= 0.3 is 0 Å². The highest BCUT2D eigenvalue weighted by Gasteiger charge is 2.07. The second kappa shape index (κ2) is 6.64. The summed E-state index contributed by atoms with van der Waals surface area (Å²) >= 11 is 0. The molecule has 0 fully saturated rings. The van der Waals surface area contributed by atoms with E-state index in [9.17, 15) is 9.59 Å². The van der Waals surface area contributed by atoms with Crippen molar-refractivity contribution in [3.63, 3.8) is 0 Å². The van der Waals surface area contributed by atoms with Crippen molar-refractivity contribution >= 4 is 17.5 Å². The average molecular weight is 249 g/mol. The van der Waals surface area contributed by atoms with E-state index in [4.69, 9.17) is 5.73 Å². The summed E-state index contributed by atoms with van der Waals surface area (Å²) in [7, 11) is 0. The maximum Gasteiger partial charge on any atom is 0.251 e. The minimum Gasteiger partial charge on any atom is -0.399 e. The Morgan fingerprint density at radius 2 is 1.94 bits per heavy atom.